The van der Waals surface area contributed by atoms with E-state index >= 15 is 0 Å². The zero-order valence-corrected chi connectivity index (χ0v) is 7.06. The van der Waals surface area contributed by atoms with E-state index in [1.807, 2.05) is 0 Å². The fourth-order valence-electron chi connectivity index (χ4n) is 1.24. The molecule has 0 spiro atoms. The van der Waals surface area contributed by atoms with Gasteiger partial charge in [0.15, 0.2) is 0 Å². The Bertz CT molecular complexity index is 204. The van der Waals surface area contributed by atoms with Gasteiger partial charge in [0, 0.05) is 11.4 Å². The number of thiophene rings is 1. The topological polar surface area (TPSA) is 21.3 Å². The lowest BCUT2D eigenvalue weighted by atomic mass is 10.2. The van der Waals surface area contributed by atoms with Crippen LogP contribution >= 0.6 is 11.3 Å². The third kappa shape index (κ3) is 1.61. The van der Waals surface area contributed by atoms with E-state index in [-0.39, 0.29) is 0 Å². The van der Waals surface area contributed by atoms with Gasteiger partial charge in [0.25, 0.3) is 0 Å². The van der Waals surface area contributed by atoms with Gasteiger partial charge in [0.05, 0.1) is 19.3 Å². The Morgan fingerprint density at radius 3 is 3.27 bits per heavy atom. The second kappa shape index (κ2) is 3.34. The lowest BCUT2D eigenvalue weighted by molar-refractivity contribution is 0.0779. The second-order valence-corrected chi connectivity index (χ2v) is 3.58. The van der Waals surface area contributed by atoms with Crippen LogP contribution in [0.5, 0.6) is 0 Å². The standard InChI is InChI=1S/C8H11NOS/c1-2-8(11-5-1)7-6-10-4-3-9-7/h1-2,5,7,9H,3-4,6H2/t7-/m0/s1. The maximum absolute atomic E-state index is 5.35. The van der Waals surface area contributed by atoms with Crippen LogP contribution in [-0.2, 0) is 4.74 Å². The predicted molar refractivity (Wildman–Crippen MR) is 45.9 cm³/mol. The lowest BCUT2D eigenvalue weighted by Crippen LogP contribution is -2.33. The summed E-state index contributed by atoms with van der Waals surface area (Å²) in [5.74, 6) is 0. The number of hydrogen-bond acceptors (Lipinski definition) is 3. The third-order valence-corrected chi connectivity index (χ3v) is 2.79. The first-order valence-corrected chi connectivity index (χ1v) is 4.69. The van der Waals surface area contributed by atoms with Gasteiger partial charge >= 0.3 is 0 Å². The Kier molecular flexibility index (Phi) is 2.21. The van der Waals surface area contributed by atoms with Crippen LogP contribution in [0.2, 0.25) is 0 Å². The van der Waals surface area contributed by atoms with Crippen molar-refractivity contribution in [1.29, 1.82) is 0 Å². The molecule has 1 aromatic rings. The van der Waals surface area contributed by atoms with Crippen LogP contribution in [0.15, 0.2) is 17.5 Å². The molecule has 2 heterocycles. The lowest BCUT2D eigenvalue weighted by Gasteiger charge is -2.22. The molecule has 1 atom stereocenters. The molecule has 3 heteroatoms. The Balaban J connectivity index is 2.04. The number of nitrogens with one attached hydrogen (secondary N) is 1. The number of morpholine rings is 1. The van der Waals surface area contributed by atoms with E-state index in [0.29, 0.717) is 6.04 Å². The normalized spacial score (nSPS) is 25.3. The van der Waals surface area contributed by atoms with E-state index in [9.17, 15) is 0 Å². The highest BCUT2D eigenvalue weighted by Crippen LogP contribution is 2.20. The van der Waals surface area contributed by atoms with Crippen molar-refractivity contribution in [3.8, 4) is 0 Å². The summed E-state index contributed by atoms with van der Waals surface area (Å²) >= 11 is 1.79. The predicted octanol–water partition coefficient (Wildman–Crippen LogP) is 1.41. The highest BCUT2D eigenvalue weighted by atomic mass is 32.1. The molecule has 0 aromatic carbocycles. The van der Waals surface area contributed by atoms with E-state index in [1.54, 1.807) is 11.3 Å². The molecule has 0 bridgehead atoms. The monoisotopic (exact) mass is 169 g/mol. The molecule has 1 saturated heterocycles. The highest BCUT2D eigenvalue weighted by Gasteiger charge is 2.14. The summed E-state index contributed by atoms with van der Waals surface area (Å²) in [5, 5.41) is 5.51. The zero-order valence-electron chi connectivity index (χ0n) is 6.25. The van der Waals surface area contributed by atoms with Crippen LogP contribution in [0.1, 0.15) is 10.9 Å². The van der Waals surface area contributed by atoms with Crippen LogP contribution in [0.4, 0.5) is 0 Å². The molecule has 60 valence electrons. The molecular weight excluding hydrogens is 158 g/mol. The van der Waals surface area contributed by atoms with Gasteiger partial charge < -0.3 is 10.1 Å². The van der Waals surface area contributed by atoms with E-state index in [1.165, 1.54) is 4.88 Å². The minimum Gasteiger partial charge on any atom is -0.378 e. The summed E-state index contributed by atoms with van der Waals surface area (Å²) in [5.41, 5.74) is 0. The first kappa shape index (κ1) is 7.28. The summed E-state index contributed by atoms with van der Waals surface area (Å²) < 4.78 is 5.35. The van der Waals surface area contributed by atoms with Crippen molar-refractivity contribution in [1.82, 2.24) is 5.32 Å². The Morgan fingerprint density at radius 1 is 1.64 bits per heavy atom. The van der Waals surface area contributed by atoms with Gasteiger partial charge in [-0.05, 0) is 11.4 Å². The van der Waals surface area contributed by atoms with Crippen LogP contribution < -0.4 is 5.32 Å². The van der Waals surface area contributed by atoms with Gasteiger partial charge in [0.1, 0.15) is 0 Å². The van der Waals surface area contributed by atoms with Gasteiger partial charge in [-0.25, -0.2) is 0 Å². The van der Waals surface area contributed by atoms with Gasteiger partial charge in [-0.2, -0.15) is 0 Å². The first-order chi connectivity index (χ1) is 5.47. The molecule has 0 amide bonds. The van der Waals surface area contributed by atoms with Crippen molar-refractivity contribution in [2.45, 2.75) is 6.04 Å². The number of ether oxygens (including phenoxy) is 1. The fraction of sp³-hybridized carbons (Fsp3) is 0.500. The van der Waals surface area contributed by atoms with Crippen molar-refractivity contribution < 1.29 is 4.74 Å². The Hall–Kier alpha value is -0.380. The Morgan fingerprint density at radius 2 is 2.64 bits per heavy atom. The minimum absolute atomic E-state index is 0.434. The summed E-state index contributed by atoms with van der Waals surface area (Å²) in [6, 6.07) is 4.66. The molecule has 1 N–H and O–H groups in total. The Labute approximate surface area is 70.2 Å². The summed E-state index contributed by atoms with van der Waals surface area (Å²) in [7, 11) is 0. The largest absolute Gasteiger partial charge is 0.378 e. The summed E-state index contributed by atoms with van der Waals surface area (Å²) in [6.07, 6.45) is 0. The molecule has 0 aliphatic carbocycles. The molecule has 11 heavy (non-hydrogen) atoms. The van der Waals surface area contributed by atoms with Crippen LogP contribution in [0, 0.1) is 0 Å². The molecule has 1 fully saturated rings. The van der Waals surface area contributed by atoms with Gasteiger partial charge in [0.2, 0.25) is 0 Å². The molecule has 2 nitrogen and oxygen atoms in total. The van der Waals surface area contributed by atoms with Gasteiger partial charge in [-0.15, -0.1) is 11.3 Å². The van der Waals surface area contributed by atoms with Crippen LogP contribution in [0.25, 0.3) is 0 Å². The zero-order chi connectivity index (χ0) is 7.52. The quantitative estimate of drug-likeness (QED) is 0.686. The molecule has 0 saturated carbocycles. The molecule has 1 aromatic heterocycles. The first-order valence-electron chi connectivity index (χ1n) is 3.81. The van der Waals surface area contributed by atoms with Crippen LogP contribution in [0.3, 0.4) is 0 Å². The minimum atomic E-state index is 0.434. The van der Waals surface area contributed by atoms with Crippen molar-refractivity contribution >= 4 is 11.3 Å². The van der Waals surface area contributed by atoms with Crippen molar-refractivity contribution in [3.63, 3.8) is 0 Å². The molecule has 1 aliphatic heterocycles. The molecule has 1 aliphatic rings. The van der Waals surface area contributed by atoms with Gasteiger partial charge in [-0.3, -0.25) is 0 Å². The summed E-state index contributed by atoms with van der Waals surface area (Å²) in [4.78, 5) is 1.38. The van der Waals surface area contributed by atoms with E-state index in [4.69, 9.17) is 4.74 Å². The van der Waals surface area contributed by atoms with Crippen molar-refractivity contribution in [2.24, 2.45) is 0 Å². The summed E-state index contributed by atoms with van der Waals surface area (Å²) in [6.45, 7) is 2.64. The maximum Gasteiger partial charge on any atom is 0.0670 e. The number of rotatable bonds is 1. The number of hydrogen-bond donors (Lipinski definition) is 1. The second-order valence-electron chi connectivity index (χ2n) is 2.60. The SMILES string of the molecule is c1csc([C@@H]2COCCN2)c1. The van der Waals surface area contributed by atoms with E-state index in [0.717, 1.165) is 19.8 Å². The van der Waals surface area contributed by atoms with Crippen LogP contribution in [-0.4, -0.2) is 19.8 Å². The third-order valence-electron chi connectivity index (χ3n) is 1.81. The molecule has 0 unspecified atom stereocenters. The van der Waals surface area contributed by atoms with E-state index in [2.05, 4.69) is 22.8 Å². The van der Waals surface area contributed by atoms with Gasteiger partial charge in [-0.1, -0.05) is 6.07 Å². The fourth-order valence-corrected chi connectivity index (χ4v) is 2.02. The maximum atomic E-state index is 5.35. The molecule has 2 rings (SSSR count). The van der Waals surface area contributed by atoms with E-state index < -0.39 is 0 Å². The average molecular weight is 169 g/mol. The molecule has 0 radical (unpaired) electrons. The van der Waals surface area contributed by atoms with Crippen molar-refractivity contribution in [3.05, 3.63) is 22.4 Å². The van der Waals surface area contributed by atoms with Crippen molar-refractivity contribution in [2.75, 3.05) is 19.8 Å². The smallest absolute Gasteiger partial charge is 0.0670 e. The average Bonchev–Trinajstić information content (AvgIpc) is 2.58. The molecular formula is C8H11NOS. The highest BCUT2D eigenvalue weighted by molar-refractivity contribution is 7.10.